The molecule has 5 heteroatoms. The number of hydrogen-bond donors (Lipinski definition) is 2. The molecule has 1 rings (SSSR count). The molecule has 0 saturated heterocycles. The Bertz CT molecular complexity index is 537. The zero-order valence-corrected chi connectivity index (χ0v) is 17.9. The molecule has 0 bridgehead atoms. The van der Waals surface area contributed by atoms with E-state index in [9.17, 15) is 9.90 Å². The topological polar surface area (TPSA) is 55.8 Å². The number of hydrazine groups is 1. The zero-order valence-electron chi connectivity index (χ0n) is 17.9. The first-order chi connectivity index (χ1) is 12.8. The van der Waals surface area contributed by atoms with E-state index in [-0.39, 0.29) is 0 Å². The normalized spacial score (nSPS) is 11.4. The number of carboxylic acid groups (broad SMARTS) is 1. The van der Waals surface area contributed by atoms with Crippen molar-refractivity contribution >= 4 is 11.8 Å². The number of benzene rings is 1. The van der Waals surface area contributed by atoms with Crippen LogP contribution in [0.4, 0.5) is 10.5 Å². The second-order valence-electron chi connectivity index (χ2n) is 8.19. The lowest BCUT2D eigenvalue weighted by Gasteiger charge is -2.33. The van der Waals surface area contributed by atoms with Crippen molar-refractivity contribution in [3.63, 3.8) is 0 Å². The van der Waals surface area contributed by atoms with E-state index < -0.39 is 11.6 Å². The fourth-order valence-electron chi connectivity index (χ4n) is 3.13. The second kappa shape index (κ2) is 11.9. The molecule has 0 saturated carbocycles. The van der Waals surface area contributed by atoms with Gasteiger partial charge in [-0.15, -0.1) is 0 Å². The lowest BCUT2D eigenvalue weighted by atomic mass is 10.1. The molecule has 1 aromatic carbocycles. The van der Waals surface area contributed by atoms with Crippen molar-refractivity contribution in [2.24, 2.45) is 0 Å². The molecule has 0 aliphatic carbocycles. The molecule has 0 unspecified atom stereocenters. The highest BCUT2D eigenvalue weighted by atomic mass is 16.4. The predicted octanol–water partition coefficient (Wildman–Crippen LogP) is 5.66. The van der Waals surface area contributed by atoms with Gasteiger partial charge >= 0.3 is 6.09 Å². The monoisotopic (exact) mass is 377 g/mol. The van der Waals surface area contributed by atoms with Crippen LogP contribution in [0.15, 0.2) is 24.3 Å². The summed E-state index contributed by atoms with van der Waals surface area (Å²) in [7, 11) is 0. The van der Waals surface area contributed by atoms with E-state index in [2.05, 4.69) is 48.4 Å². The Morgan fingerprint density at radius 2 is 1.59 bits per heavy atom. The number of nitrogens with zero attached hydrogens (tertiary/aromatic N) is 2. The lowest BCUT2D eigenvalue weighted by Crippen LogP contribution is -2.52. The Labute approximate surface area is 165 Å². The van der Waals surface area contributed by atoms with Gasteiger partial charge in [0.15, 0.2) is 0 Å². The first-order valence-corrected chi connectivity index (χ1v) is 10.4. The first-order valence-electron chi connectivity index (χ1n) is 10.4. The molecule has 0 radical (unpaired) electrons. The van der Waals surface area contributed by atoms with Crippen LogP contribution in [0.5, 0.6) is 0 Å². The van der Waals surface area contributed by atoms with Gasteiger partial charge in [-0.05, 0) is 51.3 Å². The summed E-state index contributed by atoms with van der Waals surface area (Å²) in [5, 5.41) is 10.6. The van der Waals surface area contributed by atoms with Gasteiger partial charge in [-0.3, -0.25) is 0 Å². The van der Waals surface area contributed by atoms with Crippen LogP contribution >= 0.6 is 0 Å². The van der Waals surface area contributed by atoms with Crippen LogP contribution in [0.1, 0.15) is 78.7 Å². The van der Waals surface area contributed by atoms with Crippen LogP contribution < -0.4 is 10.3 Å². The first kappa shape index (κ1) is 23.3. The number of hydrogen-bond acceptors (Lipinski definition) is 3. The van der Waals surface area contributed by atoms with Crippen molar-refractivity contribution in [1.29, 1.82) is 0 Å². The Balaban J connectivity index is 2.62. The molecule has 0 heterocycles. The molecule has 1 aromatic rings. The summed E-state index contributed by atoms with van der Waals surface area (Å²) >= 11 is 0. The van der Waals surface area contributed by atoms with Gasteiger partial charge in [0.1, 0.15) is 0 Å². The predicted molar refractivity (Wildman–Crippen MR) is 114 cm³/mol. The van der Waals surface area contributed by atoms with Crippen LogP contribution in [-0.4, -0.2) is 34.8 Å². The molecular formula is C22H39N3O2. The molecule has 5 nitrogen and oxygen atoms in total. The zero-order chi connectivity index (χ0) is 20.3. The highest BCUT2D eigenvalue weighted by Gasteiger charge is 2.25. The summed E-state index contributed by atoms with van der Waals surface area (Å²) in [4.78, 5) is 13.9. The number of nitrogens with one attached hydrogen (secondary N) is 1. The summed E-state index contributed by atoms with van der Waals surface area (Å²) in [6.07, 6.45) is 6.65. The number of carbonyl (C=O) groups is 1. The third-order valence-electron chi connectivity index (χ3n) is 4.63. The van der Waals surface area contributed by atoms with E-state index in [0.29, 0.717) is 6.54 Å². The molecule has 1 amide bonds. The van der Waals surface area contributed by atoms with Crippen LogP contribution in [0, 0.1) is 0 Å². The minimum atomic E-state index is -0.962. The number of rotatable bonds is 12. The van der Waals surface area contributed by atoms with Gasteiger partial charge in [0.25, 0.3) is 0 Å². The largest absolute Gasteiger partial charge is 0.464 e. The van der Waals surface area contributed by atoms with E-state index in [0.717, 1.165) is 25.1 Å². The maximum atomic E-state index is 11.4. The summed E-state index contributed by atoms with van der Waals surface area (Å²) in [5.74, 6) is 0. The van der Waals surface area contributed by atoms with Gasteiger partial charge < -0.3 is 10.0 Å². The van der Waals surface area contributed by atoms with Gasteiger partial charge in [0, 0.05) is 25.3 Å². The Morgan fingerprint density at radius 3 is 2.11 bits per heavy atom. The molecule has 0 aromatic heterocycles. The van der Waals surface area contributed by atoms with E-state index in [1.807, 2.05) is 20.8 Å². The van der Waals surface area contributed by atoms with Crippen LogP contribution in [0.3, 0.4) is 0 Å². The van der Waals surface area contributed by atoms with E-state index in [1.165, 1.54) is 42.8 Å². The van der Waals surface area contributed by atoms with Gasteiger partial charge in [0.2, 0.25) is 0 Å². The van der Waals surface area contributed by atoms with Gasteiger partial charge in [0.05, 0.1) is 5.54 Å². The number of amides is 1. The fraction of sp³-hybridized carbons (Fsp3) is 0.682. The molecule has 0 aliphatic heterocycles. The van der Waals surface area contributed by atoms with Crippen LogP contribution in [0.25, 0.3) is 0 Å². The van der Waals surface area contributed by atoms with Crippen molar-refractivity contribution in [1.82, 2.24) is 10.4 Å². The maximum Gasteiger partial charge on any atom is 0.422 e. The van der Waals surface area contributed by atoms with Crippen molar-refractivity contribution in [2.75, 3.05) is 18.0 Å². The van der Waals surface area contributed by atoms with Gasteiger partial charge in [-0.25, -0.2) is 15.2 Å². The molecule has 0 fully saturated rings. The molecule has 27 heavy (non-hydrogen) atoms. The van der Waals surface area contributed by atoms with Crippen LogP contribution in [0.2, 0.25) is 0 Å². The van der Waals surface area contributed by atoms with Crippen LogP contribution in [-0.2, 0) is 6.54 Å². The second-order valence-corrected chi connectivity index (χ2v) is 8.19. The van der Waals surface area contributed by atoms with Gasteiger partial charge in [-0.2, -0.15) is 0 Å². The summed E-state index contributed by atoms with van der Waals surface area (Å²) < 4.78 is 0. The SMILES string of the molecule is CCCCCCCN(CCC)c1ccc(CNN(C(=O)O)C(C)(C)C)cc1. The minimum Gasteiger partial charge on any atom is -0.464 e. The highest BCUT2D eigenvalue weighted by molar-refractivity contribution is 5.65. The lowest BCUT2D eigenvalue weighted by molar-refractivity contribution is 0.0624. The smallest absolute Gasteiger partial charge is 0.422 e. The summed E-state index contributed by atoms with van der Waals surface area (Å²) in [5.41, 5.74) is 4.87. The molecule has 154 valence electrons. The highest BCUT2D eigenvalue weighted by Crippen LogP contribution is 2.18. The third-order valence-corrected chi connectivity index (χ3v) is 4.63. The van der Waals surface area contributed by atoms with Crippen molar-refractivity contribution in [3.05, 3.63) is 29.8 Å². The number of anilines is 1. The molecule has 0 atom stereocenters. The van der Waals surface area contributed by atoms with E-state index in [4.69, 9.17) is 0 Å². The van der Waals surface area contributed by atoms with Gasteiger partial charge in [-0.1, -0.05) is 51.7 Å². The molecule has 0 spiro atoms. The quantitative estimate of drug-likeness (QED) is 0.365. The average molecular weight is 378 g/mol. The molecule has 0 aliphatic rings. The molecular weight excluding hydrogens is 338 g/mol. The Kier molecular flexibility index (Phi) is 10.2. The summed E-state index contributed by atoms with van der Waals surface area (Å²) in [6, 6.07) is 8.48. The standard InChI is InChI=1S/C22H39N3O2/c1-6-8-9-10-11-17-24(16-7-2)20-14-12-19(13-15-20)18-23-25(21(26)27)22(3,4)5/h12-15,23H,6-11,16-18H2,1-5H3,(H,26,27). The van der Waals surface area contributed by atoms with Crippen molar-refractivity contribution < 1.29 is 9.90 Å². The Hall–Kier alpha value is -1.75. The van der Waals surface area contributed by atoms with E-state index >= 15 is 0 Å². The molecule has 2 N–H and O–H groups in total. The van der Waals surface area contributed by atoms with Crippen molar-refractivity contribution in [3.8, 4) is 0 Å². The maximum absolute atomic E-state index is 11.4. The van der Waals surface area contributed by atoms with E-state index in [1.54, 1.807) is 0 Å². The Morgan fingerprint density at radius 1 is 0.963 bits per heavy atom. The summed E-state index contributed by atoms with van der Waals surface area (Å²) in [6.45, 7) is 12.8. The average Bonchev–Trinajstić information content (AvgIpc) is 2.60. The third kappa shape index (κ3) is 8.65. The minimum absolute atomic E-state index is 0.485. The fourth-order valence-corrected chi connectivity index (χ4v) is 3.13. The number of unbranched alkanes of at least 4 members (excludes halogenated alkanes) is 4. The van der Waals surface area contributed by atoms with Crippen molar-refractivity contribution in [2.45, 2.75) is 85.2 Å².